The normalized spacial score (nSPS) is 17.8. The number of hydrogen-bond acceptors (Lipinski definition) is 4. The molecule has 0 amide bonds. The number of fused-ring (bicyclic) bond motifs is 1. The van der Waals surface area contributed by atoms with E-state index in [-0.39, 0.29) is 6.04 Å². The van der Waals surface area contributed by atoms with Gasteiger partial charge in [0.05, 0.1) is 6.20 Å². The van der Waals surface area contributed by atoms with Gasteiger partial charge >= 0.3 is 0 Å². The summed E-state index contributed by atoms with van der Waals surface area (Å²) in [7, 11) is 0. The highest BCUT2D eigenvalue weighted by Gasteiger charge is 2.13. The molecule has 0 radical (unpaired) electrons. The van der Waals surface area contributed by atoms with Crippen molar-refractivity contribution in [3.05, 3.63) is 59.5 Å². The highest BCUT2D eigenvalue weighted by Crippen LogP contribution is 2.27. The summed E-state index contributed by atoms with van der Waals surface area (Å²) in [5, 5.41) is 8.47. The summed E-state index contributed by atoms with van der Waals surface area (Å²) in [5.41, 5.74) is 9.88. The van der Waals surface area contributed by atoms with Crippen LogP contribution in [-0.4, -0.2) is 20.6 Å². The number of halogens is 1. The summed E-state index contributed by atoms with van der Waals surface area (Å²) >= 11 is 6.11. The number of nitrogens with one attached hydrogen (secondary N) is 1. The minimum absolute atomic E-state index is 0.273. The molecule has 0 bridgehead atoms. The van der Waals surface area contributed by atoms with Gasteiger partial charge in [0.15, 0.2) is 5.65 Å². The molecule has 0 saturated carbocycles. The van der Waals surface area contributed by atoms with Crippen LogP contribution < -0.4 is 11.1 Å². The molecule has 122 valence electrons. The first-order valence-corrected chi connectivity index (χ1v) is 8.39. The quantitative estimate of drug-likeness (QED) is 0.760. The second kappa shape index (κ2) is 6.26. The second-order valence-electron chi connectivity index (χ2n) is 6.04. The molecule has 1 aromatic carbocycles. The number of aromatic nitrogens is 3. The number of allylic oxidation sites excluding steroid dienone is 1. The van der Waals surface area contributed by atoms with Gasteiger partial charge in [-0.3, -0.25) is 0 Å². The Hall–Kier alpha value is -2.37. The van der Waals surface area contributed by atoms with Gasteiger partial charge in [-0.15, -0.1) is 0 Å². The Balaban J connectivity index is 1.68. The zero-order valence-corrected chi connectivity index (χ0v) is 13.9. The fourth-order valence-electron chi connectivity index (χ4n) is 2.93. The fraction of sp³-hybridized carbons (Fsp3) is 0.222. The van der Waals surface area contributed by atoms with Crippen LogP contribution in [0.4, 0.5) is 5.82 Å². The monoisotopic (exact) mass is 339 g/mol. The largest absolute Gasteiger partial charge is 0.344 e. The Labute approximate surface area is 145 Å². The number of nitrogens with two attached hydrogens (primary N) is 1. The molecule has 3 aromatic rings. The third kappa shape index (κ3) is 3.00. The van der Waals surface area contributed by atoms with E-state index in [1.807, 2.05) is 42.7 Å². The summed E-state index contributed by atoms with van der Waals surface area (Å²) in [6.45, 7) is 0. The van der Waals surface area contributed by atoms with Gasteiger partial charge in [-0.2, -0.15) is 5.10 Å². The zero-order chi connectivity index (χ0) is 16.5. The van der Waals surface area contributed by atoms with Crippen molar-refractivity contribution in [3.63, 3.8) is 0 Å². The van der Waals surface area contributed by atoms with Crippen molar-refractivity contribution in [2.24, 2.45) is 5.73 Å². The van der Waals surface area contributed by atoms with Gasteiger partial charge in [-0.1, -0.05) is 29.8 Å². The molecule has 6 heteroatoms. The summed E-state index contributed by atoms with van der Waals surface area (Å²) in [4.78, 5) is 4.73. The molecule has 4 rings (SSSR count). The summed E-state index contributed by atoms with van der Waals surface area (Å²) in [5.74, 6) is 0.813. The number of benzene rings is 1. The molecular formula is C18H18ClN5. The van der Waals surface area contributed by atoms with Crippen molar-refractivity contribution >= 4 is 23.1 Å². The van der Waals surface area contributed by atoms with Crippen molar-refractivity contribution in [2.45, 2.75) is 25.3 Å². The highest BCUT2D eigenvalue weighted by molar-refractivity contribution is 6.30. The fourth-order valence-corrected chi connectivity index (χ4v) is 3.12. The van der Waals surface area contributed by atoms with Crippen molar-refractivity contribution < 1.29 is 0 Å². The molecule has 0 fully saturated rings. The third-order valence-corrected chi connectivity index (χ3v) is 4.48. The molecule has 0 aliphatic heterocycles. The van der Waals surface area contributed by atoms with Gasteiger partial charge < -0.3 is 11.1 Å². The van der Waals surface area contributed by atoms with E-state index in [2.05, 4.69) is 16.5 Å². The molecule has 0 saturated heterocycles. The van der Waals surface area contributed by atoms with E-state index in [1.54, 1.807) is 4.52 Å². The molecule has 3 N–H and O–H groups in total. The molecule has 1 aliphatic rings. The Bertz CT molecular complexity index is 915. The van der Waals surface area contributed by atoms with Crippen molar-refractivity contribution in [1.29, 1.82) is 0 Å². The second-order valence-corrected chi connectivity index (χ2v) is 6.47. The predicted octanol–water partition coefficient (Wildman–Crippen LogP) is 3.86. The Morgan fingerprint density at radius 3 is 3.00 bits per heavy atom. The Kier molecular flexibility index (Phi) is 3.96. The average molecular weight is 340 g/mol. The van der Waals surface area contributed by atoms with Crippen LogP contribution in [0.1, 0.15) is 19.3 Å². The molecule has 2 heterocycles. The zero-order valence-electron chi connectivity index (χ0n) is 13.1. The number of hydrogen-bond donors (Lipinski definition) is 2. The number of nitrogens with zero attached hydrogens (tertiary/aromatic N) is 3. The number of rotatable bonds is 3. The lowest BCUT2D eigenvalue weighted by Gasteiger charge is -2.19. The SMILES string of the molecule is NC1CC=C(Nc2ccn3ncc(-c4cccc(Cl)c4)c3n2)CC1. The van der Waals surface area contributed by atoms with Crippen molar-refractivity contribution in [2.75, 3.05) is 5.32 Å². The maximum Gasteiger partial charge on any atom is 0.165 e. The predicted molar refractivity (Wildman–Crippen MR) is 97.0 cm³/mol. The molecule has 24 heavy (non-hydrogen) atoms. The molecule has 2 aromatic heterocycles. The molecule has 1 atom stereocenters. The lowest BCUT2D eigenvalue weighted by molar-refractivity contribution is 0.591. The third-order valence-electron chi connectivity index (χ3n) is 4.24. The van der Waals surface area contributed by atoms with Gasteiger partial charge in [0.2, 0.25) is 0 Å². The minimum atomic E-state index is 0.273. The molecule has 5 nitrogen and oxygen atoms in total. The smallest absolute Gasteiger partial charge is 0.165 e. The summed E-state index contributed by atoms with van der Waals surface area (Å²) in [6, 6.07) is 9.92. The lowest BCUT2D eigenvalue weighted by atomic mass is 10.0. The van der Waals surface area contributed by atoms with E-state index in [9.17, 15) is 0 Å². The Morgan fingerprint density at radius 1 is 1.29 bits per heavy atom. The summed E-state index contributed by atoms with van der Waals surface area (Å²) in [6.07, 6.45) is 8.75. The first kappa shape index (κ1) is 15.2. The van der Waals surface area contributed by atoms with E-state index < -0.39 is 0 Å². The molecular weight excluding hydrogens is 322 g/mol. The van der Waals surface area contributed by atoms with Crippen LogP contribution in [0.2, 0.25) is 5.02 Å². The van der Waals surface area contributed by atoms with E-state index in [0.717, 1.165) is 41.9 Å². The maximum atomic E-state index is 6.11. The van der Waals surface area contributed by atoms with Crippen LogP contribution in [0.3, 0.4) is 0 Å². The number of anilines is 1. The lowest BCUT2D eigenvalue weighted by Crippen LogP contribution is -2.23. The van der Waals surface area contributed by atoms with Crippen LogP contribution in [0, 0.1) is 0 Å². The molecule has 0 spiro atoms. The van der Waals surface area contributed by atoms with E-state index in [1.165, 1.54) is 5.70 Å². The van der Waals surface area contributed by atoms with Gasteiger partial charge in [-0.05, 0) is 43.0 Å². The minimum Gasteiger partial charge on any atom is -0.344 e. The van der Waals surface area contributed by atoms with E-state index >= 15 is 0 Å². The van der Waals surface area contributed by atoms with Crippen molar-refractivity contribution in [3.8, 4) is 11.1 Å². The summed E-state index contributed by atoms with van der Waals surface area (Å²) < 4.78 is 1.77. The maximum absolute atomic E-state index is 6.11. The van der Waals surface area contributed by atoms with Crippen LogP contribution in [0.25, 0.3) is 16.8 Å². The van der Waals surface area contributed by atoms with Crippen LogP contribution in [-0.2, 0) is 0 Å². The van der Waals surface area contributed by atoms with Crippen LogP contribution >= 0.6 is 11.6 Å². The van der Waals surface area contributed by atoms with Gasteiger partial charge in [0, 0.05) is 28.5 Å². The molecule has 1 aliphatic carbocycles. The molecule has 1 unspecified atom stereocenters. The van der Waals surface area contributed by atoms with Gasteiger partial charge in [-0.25, -0.2) is 9.50 Å². The van der Waals surface area contributed by atoms with E-state index in [4.69, 9.17) is 22.3 Å². The van der Waals surface area contributed by atoms with Gasteiger partial charge in [0.1, 0.15) is 5.82 Å². The standard InChI is InChI=1S/C18H18ClN5/c19-13-3-1-2-12(10-13)16-11-21-24-9-8-17(23-18(16)24)22-15-6-4-14(20)5-7-15/h1-3,6,8-11,14H,4-5,7,20H2,(H,22,23). The first-order chi connectivity index (χ1) is 11.7. The topological polar surface area (TPSA) is 68.2 Å². The Morgan fingerprint density at radius 2 is 2.21 bits per heavy atom. The van der Waals surface area contributed by atoms with Crippen molar-refractivity contribution in [1.82, 2.24) is 14.6 Å². The van der Waals surface area contributed by atoms with E-state index in [0.29, 0.717) is 5.02 Å². The average Bonchev–Trinajstić information content (AvgIpc) is 3.00. The van der Waals surface area contributed by atoms with Gasteiger partial charge in [0.25, 0.3) is 0 Å². The van der Waals surface area contributed by atoms with Crippen LogP contribution in [0.15, 0.2) is 54.5 Å². The highest BCUT2D eigenvalue weighted by atomic mass is 35.5. The first-order valence-electron chi connectivity index (χ1n) is 8.01. The van der Waals surface area contributed by atoms with Crippen LogP contribution in [0.5, 0.6) is 0 Å².